The fourth-order valence-corrected chi connectivity index (χ4v) is 5.03. The first-order chi connectivity index (χ1) is 13.9. The summed E-state index contributed by atoms with van der Waals surface area (Å²) >= 11 is 6.27. The Bertz CT molecular complexity index is 929. The SMILES string of the molecule is O=C(c1cnc(NCCCS(=O)(=O)Cc2ccccc2)c(Cl)c1)N1CCCCC1. The Balaban J connectivity index is 1.48. The molecule has 1 amide bonds. The highest BCUT2D eigenvalue weighted by molar-refractivity contribution is 7.90. The zero-order valence-corrected chi connectivity index (χ0v) is 17.9. The molecule has 1 saturated heterocycles. The number of sulfone groups is 1. The minimum absolute atomic E-state index is 0.0418. The first kappa shape index (κ1) is 21.6. The standard InChI is InChI=1S/C21H26ClN3O3S/c22-19-14-18(21(26)25-11-5-2-6-12-25)15-24-20(19)23-10-7-13-29(27,28)16-17-8-3-1-4-9-17/h1,3-4,8-9,14-15H,2,5-7,10-13,16H2,(H,23,24). The van der Waals surface area contributed by atoms with E-state index in [-0.39, 0.29) is 17.4 Å². The van der Waals surface area contributed by atoms with E-state index < -0.39 is 9.84 Å². The molecule has 29 heavy (non-hydrogen) atoms. The van der Waals surface area contributed by atoms with Crippen LogP contribution in [0.15, 0.2) is 42.6 Å². The second kappa shape index (κ2) is 10.1. The molecule has 2 heterocycles. The lowest BCUT2D eigenvalue weighted by Crippen LogP contribution is -2.35. The molecule has 0 spiro atoms. The second-order valence-corrected chi connectivity index (χ2v) is 9.86. The van der Waals surface area contributed by atoms with Crippen LogP contribution in [0, 0.1) is 0 Å². The third-order valence-electron chi connectivity index (χ3n) is 4.89. The van der Waals surface area contributed by atoms with Crippen molar-refractivity contribution < 1.29 is 13.2 Å². The number of pyridine rings is 1. The van der Waals surface area contributed by atoms with Crippen molar-refractivity contribution in [2.75, 3.05) is 30.7 Å². The number of nitrogens with zero attached hydrogens (tertiary/aromatic N) is 2. The van der Waals surface area contributed by atoms with E-state index in [2.05, 4.69) is 10.3 Å². The normalized spacial score (nSPS) is 14.6. The lowest BCUT2D eigenvalue weighted by Gasteiger charge is -2.26. The van der Waals surface area contributed by atoms with Crippen molar-refractivity contribution in [2.45, 2.75) is 31.4 Å². The maximum Gasteiger partial charge on any atom is 0.255 e. The van der Waals surface area contributed by atoms with Crippen LogP contribution in [0.3, 0.4) is 0 Å². The Morgan fingerprint density at radius 3 is 2.55 bits per heavy atom. The summed E-state index contributed by atoms with van der Waals surface area (Å²) in [6.07, 6.45) is 5.19. The Kier molecular flexibility index (Phi) is 7.50. The summed E-state index contributed by atoms with van der Waals surface area (Å²) in [7, 11) is -3.17. The number of rotatable bonds is 8. The average molecular weight is 436 g/mol. The van der Waals surface area contributed by atoms with Gasteiger partial charge in [-0.15, -0.1) is 0 Å². The van der Waals surface area contributed by atoms with E-state index in [4.69, 9.17) is 11.6 Å². The van der Waals surface area contributed by atoms with Gasteiger partial charge in [-0.05, 0) is 37.3 Å². The molecule has 6 nitrogen and oxygen atoms in total. The van der Waals surface area contributed by atoms with Crippen LogP contribution in [0.5, 0.6) is 0 Å². The quantitative estimate of drug-likeness (QED) is 0.638. The molecule has 2 aromatic rings. The predicted molar refractivity (Wildman–Crippen MR) is 116 cm³/mol. The van der Waals surface area contributed by atoms with Crippen molar-refractivity contribution in [1.82, 2.24) is 9.88 Å². The molecular formula is C21H26ClN3O3S. The largest absolute Gasteiger partial charge is 0.369 e. The first-order valence-corrected chi connectivity index (χ1v) is 12.1. The van der Waals surface area contributed by atoms with Crippen molar-refractivity contribution in [2.24, 2.45) is 0 Å². The van der Waals surface area contributed by atoms with Crippen LogP contribution in [0.4, 0.5) is 5.82 Å². The topological polar surface area (TPSA) is 79.4 Å². The smallest absolute Gasteiger partial charge is 0.255 e. The summed E-state index contributed by atoms with van der Waals surface area (Å²) in [6, 6.07) is 10.8. The predicted octanol–water partition coefficient (Wildman–Crippen LogP) is 3.78. The zero-order valence-electron chi connectivity index (χ0n) is 16.3. The molecular weight excluding hydrogens is 410 g/mol. The molecule has 8 heteroatoms. The van der Waals surface area contributed by atoms with Crippen molar-refractivity contribution in [3.05, 3.63) is 58.7 Å². The number of halogens is 1. The Labute approximate surface area is 177 Å². The van der Waals surface area contributed by atoms with Crippen LogP contribution >= 0.6 is 11.6 Å². The molecule has 0 bridgehead atoms. The van der Waals surface area contributed by atoms with E-state index in [1.807, 2.05) is 35.2 Å². The zero-order chi connectivity index (χ0) is 20.7. The van der Waals surface area contributed by atoms with Gasteiger partial charge in [0.2, 0.25) is 0 Å². The summed E-state index contributed by atoms with van der Waals surface area (Å²) < 4.78 is 24.5. The van der Waals surface area contributed by atoms with Gasteiger partial charge >= 0.3 is 0 Å². The lowest BCUT2D eigenvalue weighted by molar-refractivity contribution is 0.0724. The van der Waals surface area contributed by atoms with Gasteiger partial charge in [0.15, 0.2) is 9.84 Å². The number of carbonyl (C=O) groups is 1. The number of nitrogens with one attached hydrogen (secondary N) is 1. The number of benzene rings is 1. The Morgan fingerprint density at radius 2 is 1.86 bits per heavy atom. The summed E-state index contributed by atoms with van der Waals surface area (Å²) in [5.74, 6) is 0.540. The molecule has 1 aromatic heterocycles. The van der Waals surface area contributed by atoms with Gasteiger partial charge in [-0.25, -0.2) is 13.4 Å². The third kappa shape index (κ3) is 6.44. The molecule has 0 aliphatic carbocycles. The van der Waals surface area contributed by atoms with E-state index in [9.17, 15) is 13.2 Å². The van der Waals surface area contributed by atoms with Gasteiger partial charge in [-0.1, -0.05) is 41.9 Å². The number of carbonyl (C=O) groups excluding carboxylic acids is 1. The van der Waals surface area contributed by atoms with E-state index in [1.54, 1.807) is 6.07 Å². The van der Waals surface area contributed by atoms with Gasteiger partial charge in [-0.3, -0.25) is 4.79 Å². The molecule has 1 aliphatic heterocycles. The number of amides is 1. The van der Waals surface area contributed by atoms with Crippen LogP contribution in [0.25, 0.3) is 0 Å². The van der Waals surface area contributed by atoms with Crippen molar-refractivity contribution in [1.29, 1.82) is 0 Å². The van der Waals surface area contributed by atoms with E-state index >= 15 is 0 Å². The summed E-state index contributed by atoms with van der Waals surface area (Å²) in [5.41, 5.74) is 1.27. The minimum atomic E-state index is -3.17. The number of aromatic nitrogens is 1. The molecule has 1 N–H and O–H groups in total. The summed E-state index contributed by atoms with van der Waals surface area (Å²) in [6.45, 7) is 1.97. The number of anilines is 1. The fourth-order valence-electron chi connectivity index (χ4n) is 3.36. The second-order valence-electron chi connectivity index (χ2n) is 7.27. The van der Waals surface area contributed by atoms with Crippen LogP contribution in [-0.4, -0.2) is 49.6 Å². The van der Waals surface area contributed by atoms with Gasteiger partial charge in [-0.2, -0.15) is 0 Å². The monoisotopic (exact) mass is 435 g/mol. The lowest BCUT2D eigenvalue weighted by atomic mass is 10.1. The Morgan fingerprint density at radius 1 is 1.14 bits per heavy atom. The van der Waals surface area contributed by atoms with Crippen LogP contribution in [0.2, 0.25) is 5.02 Å². The number of piperidine rings is 1. The minimum Gasteiger partial charge on any atom is -0.369 e. The number of hydrogen-bond donors (Lipinski definition) is 1. The van der Waals surface area contributed by atoms with Gasteiger partial charge in [0.05, 0.1) is 22.1 Å². The third-order valence-corrected chi connectivity index (χ3v) is 6.86. The number of hydrogen-bond acceptors (Lipinski definition) is 5. The summed E-state index contributed by atoms with van der Waals surface area (Å²) in [4.78, 5) is 18.6. The highest BCUT2D eigenvalue weighted by atomic mass is 35.5. The molecule has 3 rings (SSSR count). The maximum absolute atomic E-state index is 12.5. The molecule has 0 saturated carbocycles. The van der Waals surface area contributed by atoms with E-state index in [0.717, 1.165) is 37.9 Å². The van der Waals surface area contributed by atoms with Gasteiger partial charge in [0, 0.05) is 25.8 Å². The van der Waals surface area contributed by atoms with Gasteiger partial charge in [0.1, 0.15) is 5.82 Å². The van der Waals surface area contributed by atoms with Crippen molar-refractivity contribution in [3.8, 4) is 0 Å². The van der Waals surface area contributed by atoms with Crippen molar-refractivity contribution >= 4 is 33.2 Å². The van der Waals surface area contributed by atoms with Crippen LogP contribution in [0.1, 0.15) is 41.6 Å². The molecule has 1 fully saturated rings. The van der Waals surface area contributed by atoms with Gasteiger partial charge in [0.25, 0.3) is 5.91 Å². The first-order valence-electron chi connectivity index (χ1n) is 9.88. The molecule has 1 aromatic carbocycles. The highest BCUT2D eigenvalue weighted by Crippen LogP contribution is 2.22. The molecule has 0 radical (unpaired) electrons. The summed E-state index contributed by atoms with van der Waals surface area (Å²) in [5, 5.41) is 3.42. The van der Waals surface area contributed by atoms with E-state index in [1.165, 1.54) is 6.20 Å². The molecule has 156 valence electrons. The average Bonchev–Trinajstić information content (AvgIpc) is 2.72. The van der Waals surface area contributed by atoms with Gasteiger partial charge < -0.3 is 10.2 Å². The van der Waals surface area contributed by atoms with Crippen molar-refractivity contribution in [3.63, 3.8) is 0 Å². The molecule has 1 aliphatic rings. The maximum atomic E-state index is 12.5. The van der Waals surface area contributed by atoms with Crippen LogP contribution in [-0.2, 0) is 15.6 Å². The molecule has 0 atom stereocenters. The van der Waals surface area contributed by atoms with Crippen LogP contribution < -0.4 is 5.32 Å². The Hall–Kier alpha value is -2.12. The van der Waals surface area contributed by atoms with E-state index in [0.29, 0.717) is 29.4 Å². The molecule has 0 unspecified atom stereocenters. The highest BCUT2D eigenvalue weighted by Gasteiger charge is 2.19. The number of likely N-dealkylation sites (tertiary alicyclic amines) is 1. The fraction of sp³-hybridized carbons (Fsp3) is 0.429.